The zero-order valence-corrected chi connectivity index (χ0v) is 13.4. The summed E-state index contributed by atoms with van der Waals surface area (Å²) in [7, 11) is 0. The molecule has 2 heterocycles. The maximum Gasteiger partial charge on any atom is 0.326 e. The molecule has 0 aliphatic carbocycles. The lowest BCUT2D eigenvalue weighted by Gasteiger charge is -2.22. The number of carbonyl (C=O) groups is 1. The highest BCUT2D eigenvalue weighted by molar-refractivity contribution is 7.10. The van der Waals surface area contributed by atoms with Crippen molar-refractivity contribution in [2.24, 2.45) is 0 Å². The quantitative estimate of drug-likeness (QED) is 0.661. The Labute approximate surface area is 136 Å². The Kier molecular flexibility index (Phi) is 4.06. The summed E-state index contributed by atoms with van der Waals surface area (Å²) in [5, 5.41) is 15.0. The van der Waals surface area contributed by atoms with Gasteiger partial charge in [0.05, 0.1) is 17.6 Å². The van der Waals surface area contributed by atoms with Crippen molar-refractivity contribution < 1.29 is 9.90 Å². The second-order valence-corrected chi connectivity index (χ2v) is 6.51. The average Bonchev–Trinajstić information content (AvgIpc) is 3.15. The molecule has 0 aliphatic heterocycles. The Bertz CT molecular complexity index is 878. The largest absolute Gasteiger partial charge is 0.383 e. The number of hydrogen-bond acceptors (Lipinski definition) is 4. The van der Waals surface area contributed by atoms with Gasteiger partial charge in [-0.25, -0.2) is 4.79 Å². The molecule has 0 aliphatic rings. The van der Waals surface area contributed by atoms with Crippen LogP contribution in [0.4, 0.5) is 0 Å². The number of nitrogens with zero attached hydrogens (tertiary/aromatic N) is 1. The predicted molar refractivity (Wildman–Crippen MR) is 89.5 cm³/mol. The third-order valence-corrected chi connectivity index (χ3v) is 4.79. The summed E-state index contributed by atoms with van der Waals surface area (Å²) in [6.45, 7) is 1.64. The molecule has 120 valence electrons. The minimum atomic E-state index is -1.13. The Morgan fingerprint density at radius 1 is 1.35 bits per heavy atom. The van der Waals surface area contributed by atoms with Gasteiger partial charge in [-0.1, -0.05) is 18.2 Å². The molecule has 1 atom stereocenters. The van der Waals surface area contributed by atoms with E-state index in [1.54, 1.807) is 19.1 Å². The van der Waals surface area contributed by atoms with E-state index in [2.05, 4.69) is 10.3 Å². The van der Waals surface area contributed by atoms with Gasteiger partial charge in [0.2, 0.25) is 5.91 Å². The summed E-state index contributed by atoms with van der Waals surface area (Å²) < 4.78 is 1.38. The maximum absolute atomic E-state index is 12.1. The minimum Gasteiger partial charge on any atom is -0.383 e. The van der Waals surface area contributed by atoms with Gasteiger partial charge in [-0.15, -0.1) is 11.3 Å². The zero-order valence-electron chi connectivity index (χ0n) is 12.6. The van der Waals surface area contributed by atoms with Crippen molar-refractivity contribution in [1.82, 2.24) is 14.9 Å². The molecule has 7 heteroatoms. The van der Waals surface area contributed by atoms with Crippen molar-refractivity contribution in [3.05, 3.63) is 57.1 Å². The first-order chi connectivity index (χ1) is 11.0. The normalized spacial score (nSPS) is 13.8. The number of para-hydroxylation sites is 2. The van der Waals surface area contributed by atoms with E-state index in [0.29, 0.717) is 11.0 Å². The van der Waals surface area contributed by atoms with Crippen molar-refractivity contribution in [2.75, 3.05) is 6.54 Å². The fourth-order valence-corrected chi connectivity index (χ4v) is 3.19. The topological polar surface area (TPSA) is 87.1 Å². The molecule has 3 rings (SSSR count). The lowest BCUT2D eigenvalue weighted by molar-refractivity contribution is -0.122. The molecule has 0 saturated heterocycles. The molecular weight excluding hydrogens is 314 g/mol. The molecule has 3 N–H and O–H groups in total. The minimum absolute atomic E-state index is 0.0868. The van der Waals surface area contributed by atoms with Gasteiger partial charge in [0.25, 0.3) is 0 Å². The van der Waals surface area contributed by atoms with Crippen molar-refractivity contribution in [3.8, 4) is 0 Å². The molecule has 0 spiro atoms. The summed E-state index contributed by atoms with van der Waals surface area (Å²) in [6.07, 6.45) is 0. The van der Waals surface area contributed by atoms with E-state index < -0.39 is 5.60 Å². The van der Waals surface area contributed by atoms with Crippen molar-refractivity contribution in [3.63, 3.8) is 0 Å². The van der Waals surface area contributed by atoms with Crippen LogP contribution in [0.1, 0.15) is 11.8 Å². The van der Waals surface area contributed by atoms with Crippen LogP contribution in [-0.4, -0.2) is 27.1 Å². The number of amides is 1. The van der Waals surface area contributed by atoms with Gasteiger partial charge in [-0.2, -0.15) is 0 Å². The zero-order chi connectivity index (χ0) is 16.4. The molecule has 1 amide bonds. The first-order valence-electron chi connectivity index (χ1n) is 7.18. The number of benzene rings is 1. The standard InChI is InChI=1S/C16H17N3O3S/c1-16(22,13-7-4-8-23-13)10-17-14(20)9-19-12-6-3-2-5-11(12)18-15(19)21/h2-8,22H,9-10H2,1H3,(H,17,20)(H,18,21). The molecule has 0 fully saturated rings. The smallest absolute Gasteiger partial charge is 0.326 e. The lowest BCUT2D eigenvalue weighted by Crippen LogP contribution is -2.40. The fraction of sp³-hybridized carbons (Fsp3) is 0.250. The predicted octanol–water partition coefficient (Wildman–Crippen LogP) is 1.41. The molecule has 0 saturated carbocycles. The number of fused-ring (bicyclic) bond motifs is 1. The molecule has 0 radical (unpaired) electrons. The second kappa shape index (κ2) is 6.02. The number of H-pyrrole nitrogens is 1. The van der Waals surface area contributed by atoms with Crippen LogP contribution in [0.5, 0.6) is 0 Å². The van der Waals surface area contributed by atoms with E-state index in [0.717, 1.165) is 4.88 Å². The van der Waals surface area contributed by atoms with Gasteiger partial charge >= 0.3 is 5.69 Å². The van der Waals surface area contributed by atoms with Crippen LogP contribution in [0.3, 0.4) is 0 Å². The van der Waals surface area contributed by atoms with E-state index in [-0.39, 0.29) is 24.7 Å². The second-order valence-electron chi connectivity index (χ2n) is 5.56. The number of nitrogens with one attached hydrogen (secondary N) is 2. The number of aromatic nitrogens is 2. The summed E-state index contributed by atoms with van der Waals surface area (Å²) in [5.41, 5.74) is -0.0884. The third-order valence-electron chi connectivity index (χ3n) is 3.67. The van der Waals surface area contributed by atoms with Gasteiger partial charge in [-0.3, -0.25) is 9.36 Å². The summed E-state index contributed by atoms with van der Waals surface area (Å²) in [6, 6.07) is 10.9. The molecule has 1 aromatic carbocycles. The molecule has 0 bridgehead atoms. The van der Waals surface area contributed by atoms with E-state index in [9.17, 15) is 14.7 Å². The highest BCUT2D eigenvalue weighted by atomic mass is 32.1. The van der Waals surface area contributed by atoms with Gasteiger partial charge in [-0.05, 0) is 30.5 Å². The van der Waals surface area contributed by atoms with Gasteiger partial charge in [0, 0.05) is 4.88 Å². The number of aromatic amines is 1. The first kappa shape index (κ1) is 15.5. The number of aliphatic hydroxyl groups is 1. The Hall–Kier alpha value is -2.38. The SMILES string of the molecule is CC(O)(CNC(=O)Cn1c(=O)[nH]c2ccccc21)c1cccs1. The van der Waals surface area contributed by atoms with Crippen LogP contribution in [0.15, 0.2) is 46.6 Å². The van der Waals surface area contributed by atoms with E-state index in [4.69, 9.17) is 0 Å². The summed E-state index contributed by atoms with van der Waals surface area (Å²) >= 11 is 1.43. The average molecular weight is 331 g/mol. The highest BCUT2D eigenvalue weighted by Crippen LogP contribution is 2.24. The molecule has 2 aromatic heterocycles. The highest BCUT2D eigenvalue weighted by Gasteiger charge is 2.25. The number of thiophene rings is 1. The first-order valence-corrected chi connectivity index (χ1v) is 8.06. The van der Waals surface area contributed by atoms with Crippen molar-refractivity contribution >= 4 is 28.3 Å². The monoisotopic (exact) mass is 331 g/mol. The lowest BCUT2D eigenvalue weighted by atomic mass is 10.1. The summed E-state index contributed by atoms with van der Waals surface area (Å²) in [5.74, 6) is -0.325. The number of hydrogen-bond donors (Lipinski definition) is 3. The Balaban J connectivity index is 1.70. The maximum atomic E-state index is 12.1. The van der Waals surface area contributed by atoms with Crippen LogP contribution < -0.4 is 11.0 Å². The van der Waals surface area contributed by atoms with E-state index in [1.807, 2.05) is 29.6 Å². The van der Waals surface area contributed by atoms with Gasteiger partial charge < -0.3 is 15.4 Å². The van der Waals surface area contributed by atoms with Crippen LogP contribution in [0.2, 0.25) is 0 Å². The van der Waals surface area contributed by atoms with Crippen LogP contribution in [0.25, 0.3) is 11.0 Å². The molecule has 23 heavy (non-hydrogen) atoms. The van der Waals surface area contributed by atoms with Crippen molar-refractivity contribution in [2.45, 2.75) is 19.1 Å². The van der Waals surface area contributed by atoms with E-state index in [1.165, 1.54) is 15.9 Å². The summed E-state index contributed by atoms with van der Waals surface area (Å²) in [4.78, 5) is 27.6. The van der Waals surface area contributed by atoms with Gasteiger partial charge in [0.15, 0.2) is 0 Å². The number of carbonyl (C=O) groups excluding carboxylic acids is 1. The van der Waals surface area contributed by atoms with Crippen LogP contribution >= 0.6 is 11.3 Å². The third kappa shape index (κ3) is 3.20. The van der Waals surface area contributed by atoms with Crippen molar-refractivity contribution in [1.29, 1.82) is 0 Å². The number of rotatable bonds is 5. The molecular formula is C16H17N3O3S. The van der Waals surface area contributed by atoms with E-state index >= 15 is 0 Å². The van der Waals surface area contributed by atoms with Gasteiger partial charge in [0.1, 0.15) is 12.1 Å². The Morgan fingerprint density at radius 3 is 2.87 bits per heavy atom. The number of imidazole rings is 1. The molecule has 3 aromatic rings. The Morgan fingerprint density at radius 2 is 2.13 bits per heavy atom. The fourth-order valence-electron chi connectivity index (χ4n) is 2.41. The van der Waals surface area contributed by atoms with Crippen LogP contribution in [0, 0.1) is 0 Å². The van der Waals surface area contributed by atoms with Crippen LogP contribution in [-0.2, 0) is 16.9 Å². The molecule has 1 unspecified atom stereocenters. The molecule has 6 nitrogen and oxygen atoms in total.